The van der Waals surface area contributed by atoms with Crippen molar-refractivity contribution in [1.82, 2.24) is 5.32 Å². The van der Waals surface area contributed by atoms with Gasteiger partial charge in [-0.3, -0.25) is 5.32 Å². The van der Waals surface area contributed by atoms with Crippen molar-refractivity contribution in [2.24, 2.45) is 0 Å². The molecule has 0 radical (unpaired) electrons. The van der Waals surface area contributed by atoms with E-state index in [1.54, 1.807) is 24.3 Å². The van der Waals surface area contributed by atoms with E-state index in [-0.39, 0.29) is 23.7 Å². The van der Waals surface area contributed by atoms with Crippen molar-refractivity contribution in [1.29, 1.82) is 0 Å². The summed E-state index contributed by atoms with van der Waals surface area (Å²) in [5.74, 6) is -0.458. The molecule has 0 aliphatic carbocycles. The zero-order valence-corrected chi connectivity index (χ0v) is 9.03. The van der Waals surface area contributed by atoms with Crippen LogP contribution in [0.5, 0.6) is 0 Å². The zero-order chi connectivity index (χ0) is 11.8. The molecule has 17 heavy (non-hydrogen) atoms. The van der Waals surface area contributed by atoms with E-state index in [1.807, 2.05) is 0 Å². The summed E-state index contributed by atoms with van der Waals surface area (Å²) in [6, 6.07) is 13.3. The quantitative estimate of drug-likeness (QED) is 0.786. The first-order valence-electron chi connectivity index (χ1n) is 5.51. The topological polar surface area (TPSA) is 21.9 Å². The van der Waals surface area contributed by atoms with Gasteiger partial charge in [0.1, 0.15) is 11.6 Å². The minimum absolute atomic E-state index is 0.209. The zero-order valence-electron chi connectivity index (χ0n) is 9.03. The van der Waals surface area contributed by atoms with Crippen LogP contribution in [0.25, 0.3) is 0 Å². The SMILES string of the molecule is Fc1ccc([C@H]2N[C@H]2c2ccc(F)cc2)cc1. The third-order valence-corrected chi connectivity index (χ3v) is 3.04. The molecule has 1 heterocycles. The summed E-state index contributed by atoms with van der Waals surface area (Å²) in [4.78, 5) is 0. The summed E-state index contributed by atoms with van der Waals surface area (Å²) in [6.45, 7) is 0. The molecular formula is C14H11F2N. The maximum atomic E-state index is 12.8. The van der Waals surface area contributed by atoms with Crippen LogP contribution in [0.4, 0.5) is 8.78 Å². The summed E-state index contributed by atoms with van der Waals surface area (Å²) >= 11 is 0. The van der Waals surface area contributed by atoms with Crippen molar-refractivity contribution in [3.05, 3.63) is 71.3 Å². The Kier molecular flexibility index (Phi) is 2.41. The van der Waals surface area contributed by atoms with E-state index < -0.39 is 0 Å². The maximum Gasteiger partial charge on any atom is 0.123 e. The summed E-state index contributed by atoms with van der Waals surface area (Å²) in [5, 5.41) is 3.30. The van der Waals surface area contributed by atoms with Gasteiger partial charge in [0.2, 0.25) is 0 Å². The Labute approximate surface area is 98.1 Å². The maximum absolute atomic E-state index is 12.8. The fourth-order valence-corrected chi connectivity index (χ4v) is 2.06. The van der Waals surface area contributed by atoms with Gasteiger partial charge < -0.3 is 0 Å². The molecule has 0 saturated carbocycles. The van der Waals surface area contributed by atoms with E-state index in [4.69, 9.17) is 0 Å². The molecule has 1 aliphatic rings. The molecule has 2 aromatic rings. The van der Waals surface area contributed by atoms with Crippen LogP contribution in [0.15, 0.2) is 48.5 Å². The highest BCUT2D eigenvalue weighted by Gasteiger charge is 2.38. The van der Waals surface area contributed by atoms with Gasteiger partial charge in [0, 0.05) is 0 Å². The molecule has 1 fully saturated rings. The number of hydrogen-bond donors (Lipinski definition) is 1. The Hall–Kier alpha value is -1.74. The van der Waals surface area contributed by atoms with Gasteiger partial charge in [-0.15, -0.1) is 0 Å². The van der Waals surface area contributed by atoms with Crippen LogP contribution in [0.2, 0.25) is 0 Å². The fourth-order valence-electron chi connectivity index (χ4n) is 2.06. The van der Waals surface area contributed by atoms with Crippen LogP contribution in [0, 0.1) is 11.6 Å². The van der Waals surface area contributed by atoms with Crippen LogP contribution in [0.3, 0.4) is 0 Å². The number of nitrogens with one attached hydrogen (secondary N) is 1. The standard InChI is InChI=1S/C14H11F2N/c15-11-5-1-9(2-6-11)13-14(17-13)10-3-7-12(16)8-4-10/h1-8,13-14,17H/t13-,14+. The molecule has 0 unspecified atom stereocenters. The molecule has 2 aromatic carbocycles. The normalized spacial score (nSPS) is 22.5. The van der Waals surface area contributed by atoms with Gasteiger partial charge >= 0.3 is 0 Å². The predicted molar refractivity (Wildman–Crippen MR) is 61.4 cm³/mol. The molecule has 1 nitrogen and oxygen atoms in total. The van der Waals surface area contributed by atoms with Gasteiger partial charge in [0.25, 0.3) is 0 Å². The monoisotopic (exact) mass is 231 g/mol. The molecule has 2 atom stereocenters. The van der Waals surface area contributed by atoms with E-state index in [9.17, 15) is 8.78 Å². The molecule has 3 heteroatoms. The first-order chi connectivity index (χ1) is 8.24. The van der Waals surface area contributed by atoms with E-state index in [0.29, 0.717) is 0 Å². The van der Waals surface area contributed by atoms with Crippen molar-refractivity contribution in [3.8, 4) is 0 Å². The third kappa shape index (κ3) is 2.06. The molecule has 3 rings (SSSR count). The number of halogens is 2. The van der Waals surface area contributed by atoms with Crippen LogP contribution in [-0.2, 0) is 0 Å². The smallest absolute Gasteiger partial charge is 0.123 e. The first-order valence-corrected chi connectivity index (χ1v) is 5.51. The highest BCUT2D eigenvalue weighted by molar-refractivity contribution is 5.34. The predicted octanol–water partition coefficient (Wildman–Crippen LogP) is 3.35. The average Bonchev–Trinajstić information content (AvgIpc) is 3.11. The van der Waals surface area contributed by atoms with Gasteiger partial charge in [-0.05, 0) is 35.4 Å². The minimum atomic E-state index is -0.229. The third-order valence-electron chi connectivity index (χ3n) is 3.04. The minimum Gasteiger partial charge on any atom is -0.300 e. The van der Waals surface area contributed by atoms with Crippen LogP contribution >= 0.6 is 0 Å². The Balaban J connectivity index is 1.78. The highest BCUT2D eigenvalue weighted by Crippen LogP contribution is 2.42. The lowest BCUT2D eigenvalue weighted by atomic mass is 10.0. The van der Waals surface area contributed by atoms with Gasteiger partial charge in [0.15, 0.2) is 0 Å². The summed E-state index contributed by atoms with van der Waals surface area (Å²) in [5.41, 5.74) is 2.11. The van der Waals surface area contributed by atoms with Gasteiger partial charge in [-0.2, -0.15) is 0 Å². The largest absolute Gasteiger partial charge is 0.300 e. The van der Waals surface area contributed by atoms with Crippen LogP contribution in [-0.4, -0.2) is 0 Å². The van der Waals surface area contributed by atoms with Gasteiger partial charge in [-0.1, -0.05) is 24.3 Å². The second-order valence-corrected chi connectivity index (χ2v) is 4.23. The highest BCUT2D eigenvalue weighted by atomic mass is 19.1. The molecule has 1 N–H and O–H groups in total. The van der Waals surface area contributed by atoms with Gasteiger partial charge in [0.05, 0.1) is 12.1 Å². The molecule has 0 bridgehead atoms. The number of benzene rings is 2. The van der Waals surface area contributed by atoms with Crippen molar-refractivity contribution in [3.63, 3.8) is 0 Å². The molecular weight excluding hydrogens is 220 g/mol. The molecule has 1 saturated heterocycles. The lowest BCUT2D eigenvalue weighted by Crippen LogP contribution is -1.85. The first kappa shape index (κ1) is 10.4. The Morgan fingerprint density at radius 1 is 0.647 bits per heavy atom. The molecule has 0 spiro atoms. The molecule has 1 aliphatic heterocycles. The molecule has 0 aromatic heterocycles. The van der Waals surface area contributed by atoms with Crippen molar-refractivity contribution in [2.75, 3.05) is 0 Å². The fraction of sp³-hybridized carbons (Fsp3) is 0.143. The van der Waals surface area contributed by atoms with E-state index in [2.05, 4.69) is 5.32 Å². The number of rotatable bonds is 2. The summed E-state index contributed by atoms with van der Waals surface area (Å²) < 4.78 is 25.5. The number of hydrogen-bond acceptors (Lipinski definition) is 1. The lowest BCUT2D eigenvalue weighted by Gasteiger charge is -1.99. The summed E-state index contributed by atoms with van der Waals surface area (Å²) in [6.07, 6.45) is 0. The molecule has 0 amide bonds. The Bertz CT molecular complexity index is 469. The van der Waals surface area contributed by atoms with Crippen LogP contribution in [0.1, 0.15) is 23.2 Å². The lowest BCUT2D eigenvalue weighted by molar-refractivity contribution is 0.626. The Morgan fingerprint density at radius 2 is 1.00 bits per heavy atom. The molecule has 86 valence electrons. The second-order valence-electron chi connectivity index (χ2n) is 4.23. The Morgan fingerprint density at radius 3 is 1.35 bits per heavy atom. The van der Waals surface area contributed by atoms with Crippen molar-refractivity contribution >= 4 is 0 Å². The van der Waals surface area contributed by atoms with E-state index in [1.165, 1.54) is 24.3 Å². The van der Waals surface area contributed by atoms with Gasteiger partial charge in [-0.25, -0.2) is 8.78 Å². The summed E-state index contributed by atoms with van der Waals surface area (Å²) in [7, 11) is 0. The average molecular weight is 231 g/mol. The van der Waals surface area contributed by atoms with E-state index >= 15 is 0 Å². The van der Waals surface area contributed by atoms with E-state index in [0.717, 1.165) is 11.1 Å². The van der Waals surface area contributed by atoms with Crippen molar-refractivity contribution < 1.29 is 8.78 Å². The van der Waals surface area contributed by atoms with Crippen molar-refractivity contribution in [2.45, 2.75) is 12.1 Å². The van der Waals surface area contributed by atoms with Crippen LogP contribution < -0.4 is 5.32 Å². The second kappa shape index (κ2) is 3.93.